The van der Waals surface area contributed by atoms with Crippen molar-refractivity contribution in [2.75, 3.05) is 0 Å². The normalized spacial score (nSPS) is 37.4. The zero-order chi connectivity index (χ0) is 31.2. The number of rotatable bonds is 7. The molecule has 10 atom stereocenters. The number of carbonyl (C=O) groups is 4. The lowest BCUT2D eigenvalue weighted by Crippen LogP contribution is -2.54. The Morgan fingerprint density at radius 3 is 2.10 bits per heavy atom. The minimum absolute atomic E-state index is 0.160. The zero-order valence-electron chi connectivity index (χ0n) is 27.4. The number of alkyl carbamates (subject to hydrolysis) is 1. The molecular formula is C34H55NO7. The van der Waals surface area contributed by atoms with E-state index in [1.54, 1.807) is 41.5 Å². The molecule has 42 heavy (non-hydrogen) atoms. The van der Waals surface area contributed by atoms with Gasteiger partial charge in [-0.25, -0.2) is 14.4 Å². The molecule has 4 fully saturated rings. The highest BCUT2D eigenvalue weighted by atomic mass is 16.6. The second-order valence-corrected chi connectivity index (χ2v) is 15.7. The maximum Gasteiger partial charge on any atom is 0.408 e. The van der Waals surface area contributed by atoms with Crippen LogP contribution in [0.1, 0.15) is 120 Å². The summed E-state index contributed by atoms with van der Waals surface area (Å²) in [5, 5.41) is 2.58. The first-order valence-corrected chi connectivity index (χ1v) is 16.4. The van der Waals surface area contributed by atoms with Gasteiger partial charge in [-0.1, -0.05) is 27.7 Å². The Morgan fingerprint density at radius 1 is 0.833 bits per heavy atom. The Kier molecular flexibility index (Phi) is 9.45. The summed E-state index contributed by atoms with van der Waals surface area (Å²) >= 11 is 0. The fourth-order valence-electron chi connectivity index (χ4n) is 9.48. The maximum atomic E-state index is 13.0. The van der Waals surface area contributed by atoms with Crippen LogP contribution in [-0.4, -0.2) is 47.7 Å². The van der Waals surface area contributed by atoms with E-state index in [2.05, 4.69) is 19.2 Å². The fraction of sp³-hybridized carbons (Fsp3) is 0.882. The molecule has 238 valence electrons. The van der Waals surface area contributed by atoms with Crippen LogP contribution in [0.5, 0.6) is 0 Å². The van der Waals surface area contributed by atoms with Crippen LogP contribution < -0.4 is 5.32 Å². The maximum absolute atomic E-state index is 13.0. The first kappa shape index (κ1) is 32.8. The second-order valence-electron chi connectivity index (χ2n) is 15.7. The predicted octanol–water partition coefficient (Wildman–Crippen LogP) is 6.63. The van der Waals surface area contributed by atoms with Crippen LogP contribution in [0, 0.1) is 46.3 Å². The van der Waals surface area contributed by atoms with Gasteiger partial charge in [0.1, 0.15) is 23.5 Å². The molecule has 0 spiro atoms. The topological polar surface area (TPSA) is 108 Å². The number of amides is 1. The van der Waals surface area contributed by atoms with Gasteiger partial charge < -0.3 is 19.5 Å². The van der Waals surface area contributed by atoms with Gasteiger partial charge >= 0.3 is 18.0 Å². The van der Waals surface area contributed by atoms with Gasteiger partial charge in [0.2, 0.25) is 0 Å². The molecule has 1 N–H and O–H groups in total. The third kappa shape index (κ3) is 6.52. The van der Waals surface area contributed by atoms with Gasteiger partial charge in [-0.3, -0.25) is 4.79 Å². The molecule has 4 aliphatic rings. The van der Waals surface area contributed by atoms with Gasteiger partial charge in [-0.05, 0) is 133 Å². The number of carbonyl (C=O) groups excluding carboxylic acids is 4. The summed E-state index contributed by atoms with van der Waals surface area (Å²) in [6, 6.07) is -0.941. The molecule has 0 aliphatic heterocycles. The smallest absolute Gasteiger partial charge is 0.408 e. The summed E-state index contributed by atoms with van der Waals surface area (Å²) in [4.78, 5) is 50.6. The van der Waals surface area contributed by atoms with E-state index in [0.717, 1.165) is 38.5 Å². The number of Topliss-reactive ketones (excluding diaryl/α,β-unsaturated/α-hetero) is 1. The summed E-state index contributed by atoms with van der Waals surface area (Å²) in [6.07, 6.45) is 7.64. The van der Waals surface area contributed by atoms with Crippen molar-refractivity contribution in [2.24, 2.45) is 46.3 Å². The van der Waals surface area contributed by atoms with Crippen molar-refractivity contribution in [3.8, 4) is 0 Å². The Bertz CT molecular complexity index is 1050. The Labute approximate surface area is 252 Å². The second kappa shape index (κ2) is 12.1. The van der Waals surface area contributed by atoms with Crippen molar-refractivity contribution in [1.82, 2.24) is 5.32 Å². The van der Waals surface area contributed by atoms with Crippen LogP contribution in [0.25, 0.3) is 0 Å². The molecule has 0 aromatic rings. The lowest BCUT2D eigenvalue weighted by atomic mass is 9.44. The molecule has 8 nitrogen and oxygen atoms in total. The summed E-state index contributed by atoms with van der Waals surface area (Å²) in [5.41, 5.74) is -0.306. The van der Waals surface area contributed by atoms with E-state index < -0.39 is 35.8 Å². The van der Waals surface area contributed by atoms with Crippen LogP contribution >= 0.6 is 0 Å². The molecule has 0 heterocycles. The molecule has 0 unspecified atom stereocenters. The average molecular weight is 590 g/mol. The number of hydrogen-bond acceptors (Lipinski definition) is 7. The molecule has 4 saturated carbocycles. The quantitative estimate of drug-likeness (QED) is 0.262. The SMILES string of the molecule is CC(=O)[C@H]1CC[C@H]2[C@@H]3CC[C@H]4C[C@H](OC(=O)[C@H](C)OC(=O)[C@@H](NC(=O)OC(C)(C)C)C(C)C)CC[C@]4(C)[C@H]3CC[C@]12C. The Hall–Kier alpha value is -2.12. The number of ether oxygens (including phenoxy) is 3. The molecule has 0 aromatic carbocycles. The summed E-state index contributed by atoms with van der Waals surface area (Å²) in [7, 11) is 0. The summed E-state index contributed by atoms with van der Waals surface area (Å²) in [6.45, 7) is 17.0. The fourth-order valence-corrected chi connectivity index (χ4v) is 9.48. The third-order valence-corrected chi connectivity index (χ3v) is 11.6. The van der Waals surface area contributed by atoms with Gasteiger partial charge in [0, 0.05) is 5.92 Å². The first-order chi connectivity index (χ1) is 19.5. The molecular weight excluding hydrogens is 534 g/mol. The highest BCUT2D eigenvalue weighted by Crippen LogP contribution is 2.67. The number of fused-ring (bicyclic) bond motifs is 5. The van der Waals surface area contributed by atoms with E-state index in [0.29, 0.717) is 29.5 Å². The van der Waals surface area contributed by atoms with E-state index >= 15 is 0 Å². The molecule has 0 radical (unpaired) electrons. The van der Waals surface area contributed by atoms with E-state index in [1.807, 2.05) is 0 Å². The molecule has 0 bridgehead atoms. The molecule has 0 saturated heterocycles. The lowest BCUT2D eigenvalue weighted by Gasteiger charge is -2.61. The average Bonchev–Trinajstić information content (AvgIpc) is 3.23. The number of nitrogens with one attached hydrogen (secondary N) is 1. The van der Waals surface area contributed by atoms with E-state index in [9.17, 15) is 19.2 Å². The number of ketones is 1. The highest BCUT2D eigenvalue weighted by molar-refractivity contribution is 5.84. The van der Waals surface area contributed by atoms with E-state index in [4.69, 9.17) is 14.2 Å². The summed E-state index contributed by atoms with van der Waals surface area (Å²) < 4.78 is 16.7. The van der Waals surface area contributed by atoms with Crippen molar-refractivity contribution in [3.63, 3.8) is 0 Å². The van der Waals surface area contributed by atoms with Crippen molar-refractivity contribution in [3.05, 3.63) is 0 Å². The third-order valence-electron chi connectivity index (χ3n) is 11.6. The molecule has 4 aliphatic carbocycles. The van der Waals surface area contributed by atoms with Gasteiger partial charge in [0.25, 0.3) is 0 Å². The predicted molar refractivity (Wildman–Crippen MR) is 159 cm³/mol. The number of esters is 2. The summed E-state index contributed by atoms with van der Waals surface area (Å²) in [5.74, 6) is 1.63. The van der Waals surface area contributed by atoms with E-state index in [-0.39, 0.29) is 28.8 Å². The van der Waals surface area contributed by atoms with Crippen LogP contribution in [0.15, 0.2) is 0 Å². The van der Waals surface area contributed by atoms with Crippen LogP contribution in [0.2, 0.25) is 0 Å². The monoisotopic (exact) mass is 589 g/mol. The molecule has 8 heteroatoms. The van der Waals surface area contributed by atoms with Crippen LogP contribution in [-0.2, 0) is 28.6 Å². The van der Waals surface area contributed by atoms with Gasteiger partial charge in [0.05, 0.1) is 0 Å². The van der Waals surface area contributed by atoms with Crippen LogP contribution in [0.4, 0.5) is 4.79 Å². The van der Waals surface area contributed by atoms with Crippen molar-refractivity contribution >= 4 is 23.8 Å². The van der Waals surface area contributed by atoms with Crippen molar-refractivity contribution < 1.29 is 33.4 Å². The lowest BCUT2D eigenvalue weighted by molar-refractivity contribution is -0.178. The minimum Gasteiger partial charge on any atom is -0.460 e. The van der Waals surface area contributed by atoms with Crippen LogP contribution in [0.3, 0.4) is 0 Å². The van der Waals surface area contributed by atoms with E-state index in [1.165, 1.54) is 26.2 Å². The first-order valence-electron chi connectivity index (χ1n) is 16.4. The largest absolute Gasteiger partial charge is 0.460 e. The Morgan fingerprint density at radius 2 is 1.48 bits per heavy atom. The van der Waals surface area contributed by atoms with Crippen molar-refractivity contribution in [1.29, 1.82) is 0 Å². The zero-order valence-corrected chi connectivity index (χ0v) is 27.4. The van der Waals surface area contributed by atoms with Gasteiger partial charge in [-0.2, -0.15) is 0 Å². The highest BCUT2D eigenvalue weighted by Gasteiger charge is 2.61. The molecule has 1 amide bonds. The number of hydrogen-bond donors (Lipinski definition) is 1. The van der Waals surface area contributed by atoms with Gasteiger partial charge in [-0.15, -0.1) is 0 Å². The molecule has 0 aromatic heterocycles. The molecule has 4 rings (SSSR count). The standard InChI is InChI=1S/C34H55NO7/c1-19(2)28(35-31(39)42-32(5,6)7)30(38)40-21(4)29(37)41-23-14-16-33(8)22(18-23)10-11-24-26-13-12-25(20(3)36)34(26,9)17-15-27(24)33/h19,21-28H,10-18H2,1-9H3,(H,35,39)/t21-,22-,23+,24-,25+,26-,27-,28-,33-,34+/m0/s1. The van der Waals surface area contributed by atoms with Crippen molar-refractivity contribution in [2.45, 2.75) is 144 Å². The van der Waals surface area contributed by atoms with Gasteiger partial charge in [0.15, 0.2) is 6.10 Å². The minimum atomic E-state index is -1.07. The Balaban J connectivity index is 1.32.